The van der Waals surface area contributed by atoms with E-state index in [1.807, 2.05) is 6.92 Å². The highest BCUT2D eigenvalue weighted by Crippen LogP contribution is 2.32. The van der Waals surface area contributed by atoms with Gasteiger partial charge in [-0.2, -0.15) is 0 Å². The van der Waals surface area contributed by atoms with Crippen molar-refractivity contribution >= 4 is 23.9 Å². The van der Waals surface area contributed by atoms with Gasteiger partial charge in [-0.1, -0.05) is 61.5 Å². The number of hydrogen-bond donors (Lipinski definition) is 1. The normalized spacial score (nSPS) is 23.8. The van der Waals surface area contributed by atoms with Crippen LogP contribution in [-0.4, -0.2) is 73.1 Å². The first-order valence-corrected chi connectivity index (χ1v) is 13.3. The van der Waals surface area contributed by atoms with Crippen LogP contribution in [-0.2, 0) is 18.9 Å². The van der Waals surface area contributed by atoms with Crippen LogP contribution in [0.3, 0.4) is 0 Å². The predicted molar refractivity (Wildman–Crippen MR) is 146 cm³/mol. The topological polar surface area (TPSA) is 120 Å². The summed E-state index contributed by atoms with van der Waals surface area (Å²) in [7, 11) is 0. The molecule has 2 fully saturated rings. The van der Waals surface area contributed by atoms with Crippen LogP contribution in [0.15, 0.2) is 91.0 Å². The molecule has 5 rings (SSSR count). The van der Waals surface area contributed by atoms with E-state index >= 15 is 0 Å². The quantitative estimate of drug-likeness (QED) is 0.328. The molecule has 2 amide bonds. The monoisotopic (exact) mass is 558 g/mol. The number of rotatable bonds is 8. The predicted octanol–water partition coefficient (Wildman–Crippen LogP) is 3.68. The SMILES string of the molecule is CC1CNC(=O)N([C@@H]2O[C@H](COC(=O)c3ccccc3)[C@H](OC(=O)c3ccccc3)[C@H]2OC(=O)c2ccccc2)C1. The molecule has 0 saturated carbocycles. The second-order valence-electron chi connectivity index (χ2n) is 9.95. The Morgan fingerprint density at radius 1 is 0.780 bits per heavy atom. The first-order chi connectivity index (χ1) is 19.9. The molecule has 41 heavy (non-hydrogen) atoms. The summed E-state index contributed by atoms with van der Waals surface area (Å²) in [5.74, 6) is -1.90. The van der Waals surface area contributed by atoms with Crippen molar-refractivity contribution in [2.24, 2.45) is 5.92 Å². The molecule has 2 aliphatic rings. The Hall–Kier alpha value is -4.70. The van der Waals surface area contributed by atoms with E-state index in [1.54, 1.807) is 91.0 Å². The Morgan fingerprint density at radius 2 is 1.27 bits per heavy atom. The van der Waals surface area contributed by atoms with Crippen LogP contribution in [0.4, 0.5) is 4.79 Å². The lowest BCUT2D eigenvalue weighted by Crippen LogP contribution is -2.58. The molecule has 2 aliphatic heterocycles. The van der Waals surface area contributed by atoms with Crippen molar-refractivity contribution in [2.45, 2.75) is 31.5 Å². The zero-order valence-corrected chi connectivity index (χ0v) is 22.4. The number of esters is 3. The fraction of sp³-hybridized carbons (Fsp3) is 0.290. The highest BCUT2D eigenvalue weighted by atomic mass is 16.7. The van der Waals surface area contributed by atoms with Crippen LogP contribution in [0.25, 0.3) is 0 Å². The molecule has 2 saturated heterocycles. The molecule has 10 heteroatoms. The number of nitrogens with zero attached hydrogens (tertiary/aromatic N) is 1. The Bertz CT molecular complexity index is 1370. The minimum Gasteiger partial charge on any atom is -0.459 e. The number of ether oxygens (including phenoxy) is 4. The largest absolute Gasteiger partial charge is 0.459 e. The van der Waals surface area contributed by atoms with Gasteiger partial charge >= 0.3 is 23.9 Å². The van der Waals surface area contributed by atoms with E-state index in [9.17, 15) is 19.2 Å². The molecule has 1 N–H and O–H groups in total. The Kier molecular flexibility index (Phi) is 8.59. The van der Waals surface area contributed by atoms with Crippen LogP contribution in [0.2, 0.25) is 0 Å². The molecule has 3 aromatic rings. The van der Waals surface area contributed by atoms with Crippen LogP contribution >= 0.6 is 0 Å². The third-order valence-electron chi connectivity index (χ3n) is 6.86. The molecule has 0 spiro atoms. The van der Waals surface area contributed by atoms with Gasteiger partial charge < -0.3 is 24.3 Å². The minimum atomic E-state index is -1.22. The van der Waals surface area contributed by atoms with Crippen molar-refractivity contribution in [3.63, 3.8) is 0 Å². The maximum Gasteiger partial charge on any atom is 0.338 e. The summed E-state index contributed by atoms with van der Waals surface area (Å²) in [5, 5.41) is 2.81. The van der Waals surface area contributed by atoms with Gasteiger partial charge in [-0.05, 0) is 42.3 Å². The summed E-state index contributed by atoms with van der Waals surface area (Å²) < 4.78 is 23.6. The second kappa shape index (κ2) is 12.6. The summed E-state index contributed by atoms with van der Waals surface area (Å²) in [6.07, 6.45) is -4.57. The molecule has 10 nitrogen and oxygen atoms in total. The van der Waals surface area contributed by atoms with Crippen molar-refractivity contribution in [1.29, 1.82) is 0 Å². The molecular formula is C31H30N2O8. The van der Waals surface area contributed by atoms with Crippen molar-refractivity contribution in [3.05, 3.63) is 108 Å². The first kappa shape index (κ1) is 27.9. The van der Waals surface area contributed by atoms with E-state index in [0.717, 1.165) is 0 Å². The summed E-state index contributed by atoms with van der Waals surface area (Å²) in [6.45, 7) is 2.42. The minimum absolute atomic E-state index is 0.0713. The van der Waals surface area contributed by atoms with Gasteiger partial charge in [0, 0.05) is 13.1 Å². The van der Waals surface area contributed by atoms with Crippen LogP contribution in [0.1, 0.15) is 38.0 Å². The summed E-state index contributed by atoms with van der Waals surface area (Å²) in [5.41, 5.74) is 0.874. The molecule has 0 radical (unpaired) electrons. The number of amides is 2. The molecule has 5 atom stereocenters. The Morgan fingerprint density at radius 3 is 1.80 bits per heavy atom. The molecule has 2 heterocycles. The van der Waals surface area contributed by atoms with E-state index in [4.69, 9.17) is 18.9 Å². The average Bonchev–Trinajstić information content (AvgIpc) is 3.34. The van der Waals surface area contributed by atoms with Gasteiger partial charge in [-0.3, -0.25) is 4.90 Å². The van der Waals surface area contributed by atoms with E-state index in [-0.39, 0.29) is 23.7 Å². The Balaban J connectivity index is 1.46. The average molecular weight is 559 g/mol. The second-order valence-corrected chi connectivity index (χ2v) is 9.95. The molecule has 0 aromatic heterocycles. The van der Waals surface area contributed by atoms with E-state index < -0.39 is 48.5 Å². The molecular weight excluding hydrogens is 528 g/mol. The first-order valence-electron chi connectivity index (χ1n) is 13.3. The highest BCUT2D eigenvalue weighted by Gasteiger charge is 2.54. The van der Waals surface area contributed by atoms with Crippen LogP contribution in [0, 0.1) is 5.92 Å². The standard InChI is InChI=1S/C31H30N2O8/c1-20-17-32-31(37)33(18-20)27-26(41-30(36)23-15-9-4-10-16-23)25(40-29(35)22-13-7-3-8-14-22)24(39-27)19-38-28(34)21-11-5-2-6-12-21/h2-16,20,24-27H,17-19H2,1H3,(H,32,37)/t20?,24-,25+,26-,27-/m1/s1. The maximum absolute atomic E-state index is 13.2. The molecule has 1 unspecified atom stereocenters. The lowest BCUT2D eigenvalue weighted by atomic mass is 10.1. The summed E-state index contributed by atoms with van der Waals surface area (Å²) in [6, 6.07) is 24.6. The van der Waals surface area contributed by atoms with Gasteiger partial charge in [0.2, 0.25) is 0 Å². The van der Waals surface area contributed by atoms with E-state index in [2.05, 4.69) is 5.32 Å². The number of hydrogen-bond acceptors (Lipinski definition) is 8. The lowest BCUT2D eigenvalue weighted by molar-refractivity contribution is -0.0911. The number of nitrogens with one attached hydrogen (secondary N) is 1. The van der Waals surface area contributed by atoms with Crippen LogP contribution in [0.5, 0.6) is 0 Å². The summed E-state index contributed by atoms with van der Waals surface area (Å²) >= 11 is 0. The van der Waals surface area contributed by atoms with Gasteiger partial charge in [-0.15, -0.1) is 0 Å². The molecule has 212 valence electrons. The van der Waals surface area contributed by atoms with Crippen molar-refractivity contribution < 1.29 is 38.1 Å². The highest BCUT2D eigenvalue weighted by molar-refractivity contribution is 5.91. The smallest absolute Gasteiger partial charge is 0.338 e. The van der Waals surface area contributed by atoms with Gasteiger partial charge in [0.1, 0.15) is 12.7 Å². The third-order valence-corrected chi connectivity index (χ3v) is 6.86. The van der Waals surface area contributed by atoms with Crippen molar-refractivity contribution in [1.82, 2.24) is 10.2 Å². The molecule has 3 aromatic carbocycles. The van der Waals surface area contributed by atoms with E-state index in [1.165, 1.54) is 4.90 Å². The fourth-order valence-electron chi connectivity index (χ4n) is 4.77. The molecule has 0 aliphatic carbocycles. The third kappa shape index (κ3) is 6.55. The van der Waals surface area contributed by atoms with Gasteiger partial charge in [0.25, 0.3) is 0 Å². The van der Waals surface area contributed by atoms with Gasteiger partial charge in [-0.25, -0.2) is 19.2 Å². The lowest BCUT2D eigenvalue weighted by Gasteiger charge is -2.37. The number of benzene rings is 3. The number of carbonyl (C=O) groups excluding carboxylic acids is 4. The van der Waals surface area contributed by atoms with Crippen molar-refractivity contribution in [3.8, 4) is 0 Å². The molecule has 0 bridgehead atoms. The summed E-state index contributed by atoms with van der Waals surface area (Å²) in [4.78, 5) is 53.5. The van der Waals surface area contributed by atoms with Crippen molar-refractivity contribution in [2.75, 3.05) is 19.7 Å². The van der Waals surface area contributed by atoms with Gasteiger partial charge in [0.15, 0.2) is 18.4 Å². The maximum atomic E-state index is 13.2. The number of carbonyl (C=O) groups is 4. The fourth-order valence-corrected chi connectivity index (χ4v) is 4.77. The number of urea groups is 1. The van der Waals surface area contributed by atoms with Crippen LogP contribution < -0.4 is 5.32 Å². The Labute approximate surface area is 237 Å². The van der Waals surface area contributed by atoms with Gasteiger partial charge in [0.05, 0.1) is 16.7 Å². The van der Waals surface area contributed by atoms with E-state index in [0.29, 0.717) is 18.7 Å². The zero-order valence-electron chi connectivity index (χ0n) is 22.4. The zero-order chi connectivity index (χ0) is 28.8.